The molecule has 0 radical (unpaired) electrons. The Labute approximate surface area is 163 Å². The van der Waals surface area contributed by atoms with Crippen LogP contribution in [0, 0.1) is 11.3 Å². The van der Waals surface area contributed by atoms with Gasteiger partial charge in [0.15, 0.2) is 0 Å². The minimum absolute atomic E-state index is 0.269. The second-order valence-corrected chi connectivity index (χ2v) is 7.66. The molecule has 3 heterocycles. The number of nitriles is 1. The SMILES string of the molecule is CCCCN(CC)c1nc(NCC2CCCO2)c2c(c1C#N)CCN(C)C2. The van der Waals surface area contributed by atoms with Crippen molar-refractivity contribution < 1.29 is 4.74 Å². The van der Waals surface area contributed by atoms with Crippen molar-refractivity contribution in [2.24, 2.45) is 0 Å². The fourth-order valence-electron chi connectivity index (χ4n) is 4.03. The second kappa shape index (κ2) is 9.38. The molecule has 27 heavy (non-hydrogen) atoms. The number of hydrogen-bond acceptors (Lipinski definition) is 6. The van der Waals surface area contributed by atoms with Crippen molar-refractivity contribution in [3.63, 3.8) is 0 Å². The molecule has 0 bridgehead atoms. The maximum Gasteiger partial charge on any atom is 0.149 e. The Morgan fingerprint density at radius 1 is 1.37 bits per heavy atom. The van der Waals surface area contributed by atoms with Crippen molar-refractivity contribution in [1.82, 2.24) is 9.88 Å². The smallest absolute Gasteiger partial charge is 0.149 e. The summed E-state index contributed by atoms with van der Waals surface area (Å²) < 4.78 is 5.77. The van der Waals surface area contributed by atoms with Crippen molar-refractivity contribution in [1.29, 1.82) is 5.26 Å². The molecule has 0 aromatic carbocycles. The Hall–Kier alpha value is -1.84. The zero-order valence-corrected chi connectivity index (χ0v) is 17.1. The van der Waals surface area contributed by atoms with Crippen molar-refractivity contribution in [3.8, 4) is 6.07 Å². The van der Waals surface area contributed by atoms with E-state index in [-0.39, 0.29) is 6.10 Å². The molecule has 2 aliphatic heterocycles. The van der Waals surface area contributed by atoms with Gasteiger partial charge in [0.25, 0.3) is 0 Å². The number of pyridine rings is 1. The van der Waals surface area contributed by atoms with Crippen LogP contribution in [0.25, 0.3) is 0 Å². The summed E-state index contributed by atoms with van der Waals surface area (Å²) in [6.07, 6.45) is 5.67. The number of aromatic nitrogens is 1. The Balaban J connectivity index is 1.96. The maximum atomic E-state index is 9.93. The maximum absolute atomic E-state index is 9.93. The highest BCUT2D eigenvalue weighted by Gasteiger charge is 2.26. The highest BCUT2D eigenvalue weighted by Crippen LogP contribution is 2.33. The number of likely N-dealkylation sites (N-methyl/N-ethyl adjacent to an activating group) is 1. The van der Waals surface area contributed by atoms with Gasteiger partial charge in [-0.05, 0) is 45.2 Å². The van der Waals surface area contributed by atoms with Crippen LogP contribution in [0.4, 0.5) is 11.6 Å². The van der Waals surface area contributed by atoms with Crippen LogP contribution < -0.4 is 10.2 Å². The molecular formula is C21H33N5O. The van der Waals surface area contributed by atoms with Gasteiger partial charge in [0, 0.05) is 44.9 Å². The Kier molecular flexibility index (Phi) is 6.92. The highest BCUT2D eigenvalue weighted by molar-refractivity contribution is 5.67. The number of fused-ring (bicyclic) bond motifs is 1. The summed E-state index contributed by atoms with van der Waals surface area (Å²) >= 11 is 0. The average Bonchev–Trinajstić information content (AvgIpc) is 3.20. The first-order valence-electron chi connectivity index (χ1n) is 10.4. The monoisotopic (exact) mass is 371 g/mol. The molecule has 1 atom stereocenters. The molecule has 0 saturated carbocycles. The number of hydrogen-bond donors (Lipinski definition) is 1. The molecule has 6 nitrogen and oxygen atoms in total. The van der Waals surface area contributed by atoms with Gasteiger partial charge in [-0.1, -0.05) is 13.3 Å². The number of unbranched alkanes of at least 4 members (excludes halogenated alkanes) is 1. The first kappa shape index (κ1) is 19.9. The van der Waals surface area contributed by atoms with Crippen molar-refractivity contribution in [2.45, 2.75) is 58.6 Å². The van der Waals surface area contributed by atoms with E-state index < -0.39 is 0 Å². The van der Waals surface area contributed by atoms with E-state index in [0.29, 0.717) is 0 Å². The number of nitrogens with one attached hydrogen (secondary N) is 1. The molecule has 3 rings (SSSR count). The largest absolute Gasteiger partial charge is 0.376 e. The fourth-order valence-corrected chi connectivity index (χ4v) is 4.03. The Morgan fingerprint density at radius 2 is 2.22 bits per heavy atom. The van der Waals surface area contributed by atoms with Crippen LogP contribution in [-0.2, 0) is 17.7 Å². The predicted octanol–water partition coefficient (Wildman–Crippen LogP) is 3.16. The first-order chi connectivity index (χ1) is 13.2. The lowest BCUT2D eigenvalue weighted by molar-refractivity contribution is 0.120. The van der Waals surface area contributed by atoms with E-state index in [4.69, 9.17) is 9.72 Å². The van der Waals surface area contributed by atoms with E-state index in [1.54, 1.807) is 0 Å². The highest BCUT2D eigenvalue weighted by atomic mass is 16.5. The summed E-state index contributed by atoms with van der Waals surface area (Å²) in [5.74, 6) is 1.79. The van der Waals surface area contributed by atoms with Crippen molar-refractivity contribution in [3.05, 3.63) is 16.7 Å². The number of ether oxygens (including phenoxy) is 1. The van der Waals surface area contributed by atoms with E-state index in [2.05, 4.69) is 42.1 Å². The summed E-state index contributed by atoms with van der Waals surface area (Å²) in [4.78, 5) is 9.55. The second-order valence-electron chi connectivity index (χ2n) is 7.66. The van der Waals surface area contributed by atoms with Crippen LogP contribution in [0.2, 0.25) is 0 Å². The molecule has 2 aliphatic rings. The van der Waals surface area contributed by atoms with E-state index in [9.17, 15) is 5.26 Å². The Morgan fingerprint density at radius 3 is 2.89 bits per heavy atom. The molecule has 1 aromatic heterocycles. The van der Waals surface area contributed by atoms with E-state index in [1.807, 2.05) is 0 Å². The minimum Gasteiger partial charge on any atom is -0.376 e. The minimum atomic E-state index is 0.269. The molecule has 1 fully saturated rings. The molecular weight excluding hydrogens is 338 g/mol. The molecule has 1 unspecified atom stereocenters. The summed E-state index contributed by atoms with van der Waals surface area (Å²) in [7, 11) is 2.13. The molecule has 0 amide bonds. The molecule has 1 aromatic rings. The van der Waals surface area contributed by atoms with Gasteiger partial charge in [-0.15, -0.1) is 0 Å². The quantitative estimate of drug-likeness (QED) is 0.757. The molecule has 6 heteroatoms. The number of anilines is 2. The summed E-state index contributed by atoms with van der Waals surface area (Å²) in [6, 6.07) is 2.48. The van der Waals surface area contributed by atoms with E-state index in [1.165, 1.54) is 11.1 Å². The third-order valence-corrected chi connectivity index (χ3v) is 5.66. The Bertz CT molecular complexity index is 678. The third kappa shape index (κ3) is 4.53. The van der Waals surface area contributed by atoms with Crippen LogP contribution in [0.15, 0.2) is 0 Å². The summed E-state index contributed by atoms with van der Waals surface area (Å²) in [5.41, 5.74) is 3.15. The van der Waals surface area contributed by atoms with Gasteiger partial charge < -0.3 is 19.9 Å². The zero-order chi connectivity index (χ0) is 19.2. The summed E-state index contributed by atoms with van der Waals surface area (Å²) in [6.45, 7) is 9.62. The van der Waals surface area contributed by atoms with Gasteiger partial charge in [-0.3, -0.25) is 0 Å². The van der Waals surface area contributed by atoms with Gasteiger partial charge in [0.2, 0.25) is 0 Å². The average molecular weight is 372 g/mol. The van der Waals surface area contributed by atoms with Gasteiger partial charge in [0.05, 0.1) is 11.7 Å². The fraction of sp³-hybridized carbons (Fsp3) is 0.714. The van der Waals surface area contributed by atoms with E-state index >= 15 is 0 Å². The van der Waals surface area contributed by atoms with E-state index in [0.717, 1.165) is 88.6 Å². The normalized spacial score (nSPS) is 19.6. The lowest BCUT2D eigenvalue weighted by atomic mass is 9.95. The predicted molar refractivity (Wildman–Crippen MR) is 109 cm³/mol. The van der Waals surface area contributed by atoms with Crippen LogP contribution in [-0.4, -0.2) is 55.8 Å². The molecule has 148 valence electrons. The van der Waals surface area contributed by atoms with Gasteiger partial charge >= 0.3 is 0 Å². The third-order valence-electron chi connectivity index (χ3n) is 5.66. The molecule has 0 spiro atoms. The van der Waals surface area contributed by atoms with Gasteiger partial charge in [0.1, 0.15) is 17.7 Å². The molecule has 1 N–H and O–H groups in total. The number of nitrogens with zero attached hydrogens (tertiary/aromatic N) is 4. The number of rotatable bonds is 8. The van der Waals surface area contributed by atoms with Gasteiger partial charge in [-0.25, -0.2) is 4.98 Å². The van der Waals surface area contributed by atoms with Gasteiger partial charge in [-0.2, -0.15) is 5.26 Å². The first-order valence-corrected chi connectivity index (χ1v) is 10.4. The van der Waals surface area contributed by atoms with Crippen LogP contribution in [0.5, 0.6) is 0 Å². The van der Waals surface area contributed by atoms with Crippen LogP contribution in [0.3, 0.4) is 0 Å². The molecule has 1 saturated heterocycles. The standard InChI is InChI=1S/C21H33N5O/c1-4-6-10-26(5-2)21-18(13-22)17-9-11-25(3)15-19(17)20(24-21)23-14-16-8-7-12-27-16/h16H,4-12,14-15H2,1-3H3,(H,23,24). The van der Waals surface area contributed by atoms with Crippen molar-refractivity contribution in [2.75, 3.05) is 50.1 Å². The summed E-state index contributed by atoms with van der Waals surface area (Å²) in [5, 5.41) is 13.5. The zero-order valence-electron chi connectivity index (χ0n) is 17.1. The topological polar surface area (TPSA) is 64.4 Å². The lowest BCUT2D eigenvalue weighted by Crippen LogP contribution is -2.32. The van der Waals surface area contributed by atoms with Crippen LogP contribution in [0.1, 0.15) is 56.2 Å². The lowest BCUT2D eigenvalue weighted by Gasteiger charge is -2.31. The van der Waals surface area contributed by atoms with Crippen LogP contribution >= 0.6 is 0 Å². The van der Waals surface area contributed by atoms with Crippen molar-refractivity contribution >= 4 is 11.6 Å². The molecule has 0 aliphatic carbocycles.